The summed E-state index contributed by atoms with van der Waals surface area (Å²) in [7, 11) is 1.91. The summed E-state index contributed by atoms with van der Waals surface area (Å²) in [4.78, 5) is 12.1. The monoisotopic (exact) mass is 232 g/mol. The van der Waals surface area contributed by atoms with E-state index in [0.717, 1.165) is 16.8 Å². The summed E-state index contributed by atoms with van der Waals surface area (Å²) >= 11 is 0. The molecule has 0 bridgehead atoms. The molecule has 0 aromatic heterocycles. The van der Waals surface area contributed by atoms with Gasteiger partial charge in [0.15, 0.2) is 0 Å². The number of anilines is 1. The highest BCUT2D eigenvalue weighted by Gasteiger charge is 2.07. The molecular formula is C13H16N2O2. The van der Waals surface area contributed by atoms with Crippen molar-refractivity contribution in [3.8, 4) is 0 Å². The standard InChI is InChI=1S/C13H16N2O2/c1-10(2)11(3)9-14(4)12-5-7-13(8-6-12)15(16)17/h5-8H,1,3,9H2,2,4H3. The molecule has 0 fully saturated rings. The molecule has 0 N–H and O–H groups in total. The van der Waals surface area contributed by atoms with Gasteiger partial charge in [-0.15, -0.1) is 0 Å². The summed E-state index contributed by atoms with van der Waals surface area (Å²) < 4.78 is 0. The lowest BCUT2D eigenvalue weighted by Gasteiger charge is -2.20. The van der Waals surface area contributed by atoms with Crippen molar-refractivity contribution in [2.24, 2.45) is 0 Å². The van der Waals surface area contributed by atoms with Gasteiger partial charge >= 0.3 is 0 Å². The molecule has 0 saturated heterocycles. The van der Waals surface area contributed by atoms with Crippen LogP contribution in [0.5, 0.6) is 0 Å². The van der Waals surface area contributed by atoms with Crippen molar-refractivity contribution in [1.29, 1.82) is 0 Å². The van der Waals surface area contributed by atoms with Crippen molar-refractivity contribution in [3.05, 3.63) is 58.7 Å². The second-order valence-corrected chi connectivity index (χ2v) is 4.01. The van der Waals surface area contributed by atoms with Gasteiger partial charge in [0.1, 0.15) is 0 Å². The minimum absolute atomic E-state index is 0.0980. The van der Waals surface area contributed by atoms with E-state index in [0.29, 0.717) is 6.54 Å². The molecular weight excluding hydrogens is 216 g/mol. The SMILES string of the molecule is C=C(C)C(=C)CN(C)c1ccc([N+](=O)[O-])cc1. The van der Waals surface area contributed by atoms with Gasteiger partial charge in [-0.1, -0.05) is 18.7 Å². The molecule has 0 aliphatic carbocycles. The van der Waals surface area contributed by atoms with Crippen LogP contribution in [0.25, 0.3) is 0 Å². The average molecular weight is 232 g/mol. The van der Waals surface area contributed by atoms with Gasteiger partial charge in [0.05, 0.1) is 4.92 Å². The minimum Gasteiger partial charge on any atom is -0.370 e. The van der Waals surface area contributed by atoms with Gasteiger partial charge in [0.2, 0.25) is 0 Å². The summed E-state index contributed by atoms with van der Waals surface area (Å²) in [6, 6.07) is 6.44. The smallest absolute Gasteiger partial charge is 0.269 e. The first kappa shape index (κ1) is 13.0. The van der Waals surface area contributed by atoms with Crippen molar-refractivity contribution in [1.82, 2.24) is 0 Å². The number of rotatable bonds is 5. The Bertz CT molecular complexity index is 449. The molecule has 0 heterocycles. The van der Waals surface area contributed by atoms with Crippen molar-refractivity contribution in [3.63, 3.8) is 0 Å². The Balaban J connectivity index is 2.76. The Morgan fingerprint density at radius 3 is 2.29 bits per heavy atom. The number of hydrogen-bond acceptors (Lipinski definition) is 3. The Labute approximate surface area is 101 Å². The summed E-state index contributed by atoms with van der Waals surface area (Å²) in [6.45, 7) is 10.3. The highest BCUT2D eigenvalue weighted by Crippen LogP contribution is 2.19. The van der Waals surface area contributed by atoms with Crippen LogP contribution < -0.4 is 4.90 Å². The quantitative estimate of drug-likeness (QED) is 0.445. The molecule has 0 saturated carbocycles. The van der Waals surface area contributed by atoms with Crippen LogP contribution in [-0.2, 0) is 0 Å². The summed E-state index contributed by atoms with van der Waals surface area (Å²) in [5.74, 6) is 0. The fourth-order valence-electron chi connectivity index (χ4n) is 1.34. The van der Waals surface area contributed by atoms with Crippen LogP contribution >= 0.6 is 0 Å². The predicted octanol–water partition coefficient (Wildman–Crippen LogP) is 3.16. The van der Waals surface area contributed by atoms with E-state index in [4.69, 9.17) is 0 Å². The maximum atomic E-state index is 10.5. The second-order valence-electron chi connectivity index (χ2n) is 4.01. The third-order valence-electron chi connectivity index (χ3n) is 2.53. The van der Waals surface area contributed by atoms with Crippen LogP contribution in [0.4, 0.5) is 11.4 Å². The average Bonchev–Trinajstić information content (AvgIpc) is 2.28. The van der Waals surface area contributed by atoms with E-state index in [1.807, 2.05) is 18.9 Å². The van der Waals surface area contributed by atoms with Crippen LogP contribution in [-0.4, -0.2) is 18.5 Å². The largest absolute Gasteiger partial charge is 0.370 e. The van der Waals surface area contributed by atoms with Crippen molar-refractivity contribution in [2.75, 3.05) is 18.5 Å². The van der Waals surface area contributed by atoms with E-state index in [9.17, 15) is 10.1 Å². The van der Waals surface area contributed by atoms with Gasteiger partial charge in [-0.2, -0.15) is 0 Å². The van der Waals surface area contributed by atoms with Crippen molar-refractivity contribution in [2.45, 2.75) is 6.92 Å². The van der Waals surface area contributed by atoms with Crippen LogP contribution in [0.15, 0.2) is 48.6 Å². The summed E-state index contributed by atoms with van der Waals surface area (Å²) in [6.07, 6.45) is 0. The summed E-state index contributed by atoms with van der Waals surface area (Å²) in [5.41, 5.74) is 2.91. The van der Waals surface area contributed by atoms with E-state index >= 15 is 0 Å². The Morgan fingerprint density at radius 2 is 1.88 bits per heavy atom. The molecule has 0 amide bonds. The zero-order valence-electron chi connectivity index (χ0n) is 10.1. The zero-order valence-corrected chi connectivity index (χ0v) is 10.1. The van der Waals surface area contributed by atoms with Gasteiger partial charge in [-0.25, -0.2) is 0 Å². The van der Waals surface area contributed by atoms with Gasteiger partial charge in [-0.3, -0.25) is 10.1 Å². The first-order valence-electron chi connectivity index (χ1n) is 5.21. The molecule has 0 aliphatic rings. The number of benzene rings is 1. The number of nitro groups is 1. The zero-order chi connectivity index (χ0) is 13.0. The Kier molecular flexibility index (Phi) is 4.04. The van der Waals surface area contributed by atoms with Crippen LogP contribution in [0.3, 0.4) is 0 Å². The highest BCUT2D eigenvalue weighted by molar-refractivity contribution is 5.51. The number of likely N-dealkylation sites (N-methyl/N-ethyl adjacent to an activating group) is 1. The van der Waals surface area contributed by atoms with E-state index in [2.05, 4.69) is 13.2 Å². The Morgan fingerprint density at radius 1 is 1.35 bits per heavy atom. The molecule has 4 heteroatoms. The van der Waals surface area contributed by atoms with Gasteiger partial charge in [0.25, 0.3) is 5.69 Å². The van der Waals surface area contributed by atoms with Crippen LogP contribution in [0, 0.1) is 10.1 Å². The minimum atomic E-state index is -0.406. The number of non-ortho nitro benzene ring substituents is 1. The molecule has 1 rings (SSSR count). The lowest BCUT2D eigenvalue weighted by Crippen LogP contribution is -2.19. The third-order valence-corrected chi connectivity index (χ3v) is 2.53. The van der Waals surface area contributed by atoms with Gasteiger partial charge in [0, 0.05) is 31.4 Å². The molecule has 1 aromatic rings. The van der Waals surface area contributed by atoms with Crippen molar-refractivity contribution < 1.29 is 4.92 Å². The number of hydrogen-bond donors (Lipinski definition) is 0. The van der Waals surface area contributed by atoms with Gasteiger partial charge in [-0.05, 0) is 24.6 Å². The Hall–Kier alpha value is -2.10. The number of nitrogens with zero attached hydrogens (tertiary/aromatic N) is 2. The lowest BCUT2D eigenvalue weighted by molar-refractivity contribution is -0.384. The van der Waals surface area contributed by atoms with Crippen molar-refractivity contribution >= 4 is 11.4 Å². The fourth-order valence-corrected chi connectivity index (χ4v) is 1.34. The van der Waals surface area contributed by atoms with Gasteiger partial charge < -0.3 is 4.90 Å². The highest BCUT2D eigenvalue weighted by atomic mass is 16.6. The van der Waals surface area contributed by atoms with E-state index in [1.54, 1.807) is 12.1 Å². The topological polar surface area (TPSA) is 46.4 Å². The molecule has 90 valence electrons. The van der Waals surface area contributed by atoms with Crippen LogP contribution in [0.2, 0.25) is 0 Å². The fraction of sp³-hybridized carbons (Fsp3) is 0.231. The molecule has 0 aliphatic heterocycles. The number of nitro benzene ring substituents is 1. The molecule has 0 atom stereocenters. The normalized spacial score (nSPS) is 9.76. The molecule has 0 spiro atoms. The predicted molar refractivity (Wildman–Crippen MR) is 70.3 cm³/mol. The maximum Gasteiger partial charge on any atom is 0.269 e. The third kappa shape index (κ3) is 3.45. The molecule has 0 radical (unpaired) electrons. The summed E-state index contributed by atoms with van der Waals surface area (Å²) in [5, 5.41) is 10.5. The first-order chi connectivity index (χ1) is 7.91. The van der Waals surface area contributed by atoms with Crippen LogP contribution in [0.1, 0.15) is 6.92 Å². The van der Waals surface area contributed by atoms with E-state index in [1.165, 1.54) is 12.1 Å². The maximum absolute atomic E-state index is 10.5. The van der Waals surface area contributed by atoms with E-state index < -0.39 is 4.92 Å². The lowest BCUT2D eigenvalue weighted by atomic mass is 10.1. The van der Waals surface area contributed by atoms with E-state index in [-0.39, 0.29) is 5.69 Å². The first-order valence-corrected chi connectivity index (χ1v) is 5.21. The second kappa shape index (κ2) is 5.30. The molecule has 1 aromatic carbocycles. The molecule has 0 unspecified atom stereocenters. The molecule has 4 nitrogen and oxygen atoms in total. The molecule has 17 heavy (non-hydrogen) atoms.